The van der Waals surface area contributed by atoms with E-state index in [0.717, 1.165) is 48.9 Å². The Hall–Kier alpha value is -2.03. The molecule has 1 amide bonds. The van der Waals surface area contributed by atoms with Crippen LogP contribution in [0.25, 0.3) is 0 Å². The lowest BCUT2D eigenvalue weighted by Crippen LogP contribution is -2.35. The highest BCUT2D eigenvalue weighted by atomic mass is 32.1. The Balaban J connectivity index is 1.43. The van der Waals surface area contributed by atoms with E-state index in [9.17, 15) is 4.79 Å². The third-order valence-corrected chi connectivity index (χ3v) is 5.71. The summed E-state index contributed by atoms with van der Waals surface area (Å²) in [5.74, 6) is 0.875. The molecular formula is C20H29N5O2S. The molecule has 1 aliphatic rings. The van der Waals surface area contributed by atoms with Gasteiger partial charge in [0, 0.05) is 19.5 Å². The number of ether oxygens (including phenoxy) is 1. The average Bonchev–Trinajstić information content (AvgIpc) is 2.99. The second-order valence-corrected chi connectivity index (χ2v) is 8.41. The fourth-order valence-corrected chi connectivity index (χ4v) is 3.87. The van der Waals surface area contributed by atoms with Crippen molar-refractivity contribution in [2.75, 3.05) is 51.7 Å². The van der Waals surface area contributed by atoms with E-state index in [1.807, 2.05) is 13.0 Å². The van der Waals surface area contributed by atoms with Gasteiger partial charge in [0.05, 0.1) is 13.2 Å². The lowest BCUT2D eigenvalue weighted by Gasteiger charge is -2.18. The van der Waals surface area contributed by atoms with Crippen molar-refractivity contribution in [3.63, 3.8) is 0 Å². The minimum atomic E-state index is -0.0288. The van der Waals surface area contributed by atoms with Gasteiger partial charge in [0.25, 0.3) is 0 Å². The normalized spacial score (nSPS) is 16.0. The molecule has 1 aromatic heterocycles. The lowest BCUT2D eigenvalue weighted by molar-refractivity contribution is -0.117. The zero-order chi connectivity index (χ0) is 19.9. The molecule has 2 aromatic rings. The third kappa shape index (κ3) is 6.25. The maximum atomic E-state index is 12.3. The maximum absolute atomic E-state index is 12.3. The van der Waals surface area contributed by atoms with Crippen molar-refractivity contribution in [3.05, 3.63) is 34.3 Å². The van der Waals surface area contributed by atoms with Crippen LogP contribution in [0, 0.1) is 13.8 Å². The number of anilines is 1. The summed E-state index contributed by atoms with van der Waals surface area (Å²) in [6.07, 6.45) is 1.76. The van der Waals surface area contributed by atoms with Gasteiger partial charge in [-0.05, 0) is 57.6 Å². The molecule has 3 rings (SSSR count). The highest BCUT2D eigenvalue weighted by Crippen LogP contribution is 2.20. The Morgan fingerprint density at radius 1 is 1.21 bits per heavy atom. The molecule has 8 heteroatoms. The SMILES string of the molecule is Cc1ccc(C)c(OCCc2nnc(NC(=O)CN3CCCN(C)CC3)s2)c1. The van der Waals surface area contributed by atoms with E-state index in [1.54, 1.807) is 0 Å². The number of hydrogen-bond acceptors (Lipinski definition) is 7. The third-order valence-electron chi connectivity index (χ3n) is 4.81. The Labute approximate surface area is 170 Å². The molecule has 1 N–H and O–H groups in total. The van der Waals surface area contributed by atoms with Gasteiger partial charge in [0.15, 0.2) is 0 Å². The quantitative estimate of drug-likeness (QED) is 0.765. The van der Waals surface area contributed by atoms with Crippen LogP contribution in [0.2, 0.25) is 0 Å². The van der Waals surface area contributed by atoms with Gasteiger partial charge >= 0.3 is 0 Å². The number of carbonyl (C=O) groups is 1. The summed E-state index contributed by atoms with van der Waals surface area (Å²) in [6, 6.07) is 6.18. The van der Waals surface area contributed by atoms with Crippen molar-refractivity contribution in [1.82, 2.24) is 20.0 Å². The van der Waals surface area contributed by atoms with E-state index in [0.29, 0.717) is 24.7 Å². The van der Waals surface area contributed by atoms with Crippen LogP contribution in [0.1, 0.15) is 22.6 Å². The summed E-state index contributed by atoms with van der Waals surface area (Å²) in [5.41, 5.74) is 2.30. The summed E-state index contributed by atoms with van der Waals surface area (Å²) < 4.78 is 5.87. The lowest BCUT2D eigenvalue weighted by atomic mass is 10.1. The molecule has 1 fully saturated rings. The van der Waals surface area contributed by atoms with Gasteiger partial charge in [0.2, 0.25) is 11.0 Å². The van der Waals surface area contributed by atoms with Gasteiger partial charge in [-0.3, -0.25) is 15.0 Å². The number of aryl methyl sites for hydroxylation is 2. The van der Waals surface area contributed by atoms with Gasteiger partial charge in [-0.25, -0.2) is 0 Å². The molecule has 1 saturated heterocycles. The van der Waals surface area contributed by atoms with Crippen molar-refractivity contribution in [1.29, 1.82) is 0 Å². The number of hydrogen-bond donors (Lipinski definition) is 1. The highest BCUT2D eigenvalue weighted by Gasteiger charge is 2.16. The number of rotatable bonds is 7. The average molecular weight is 404 g/mol. The predicted molar refractivity (Wildman–Crippen MR) is 112 cm³/mol. The highest BCUT2D eigenvalue weighted by molar-refractivity contribution is 7.15. The number of nitrogens with zero attached hydrogens (tertiary/aromatic N) is 4. The first-order chi connectivity index (χ1) is 13.5. The van der Waals surface area contributed by atoms with Gasteiger partial charge in [-0.15, -0.1) is 10.2 Å². The van der Waals surface area contributed by atoms with Crippen molar-refractivity contribution >= 4 is 22.4 Å². The van der Waals surface area contributed by atoms with Crippen molar-refractivity contribution < 1.29 is 9.53 Å². The van der Waals surface area contributed by atoms with Crippen LogP contribution in [-0.4, -0.2) is 72.3 Å². The van der Waals surface area contributed by atoms with Gasteiger partial charge in [-0.2, -0.15) is 0 Å². The molecule has 0 radical (unpaired) electrons. The maximum Gasteiger partial charge on any atom is 0.240 e. The van der Waals surface area contributed by atoms with E-state index in [1.165, 1.54) is 16.9 Å². The van der Waals surface area contributed by atoms with Crippen molar-refractivity contribution in [3.8, 4) is 5.75 Å². The Kier molecular flexibility index (Phi) is 7.36. The minimum Gasteiger partial charge on any atom is -0.493 e. The Morgan fingerprint density at radius 3 is 2.93 bits per heavy atom. The standard InChI is InChI=1S/C20H29N5O2S/c1-15-5-6-16(2)17(13-15)27-12-7-19-22-23-20(28-19)21-18(26)14-25-9-4-8-24(3)10-11-25/h5-6,13H,4,7-12,14H2,1-3H3,(H,21,23,26). The molecule has 7 nitrogen and oxygen atoms in total. The minimum absolute atomic E-state index is 0.0288. The second-order valence-electron chi connectivity index (χ2n) is 7.35. The van der Waals surface area contributed by atoms with Crippen LogP contribution in [0.3, 0.4) is 0 Å². The number of carbonyl (C=O) groups excluding carboxylic acids is 1. The van der Waals surface area contributed by atoms with Gasteiger partial charge in [0.1, 0.15) is 10.8 Å². The van der Waals surface area contributed by atoms with Crippen LogP contribution in [0.5, 0.6) is 5.75 Å². The molecule has 0 atom stereocenters. The first-order valence-electron chi connectivity index (χ1n) is 9.73. The van der Waals surface area contributed by atoms with Crippen molar-refractivity contribution in [2.45, 2.75) is 26.7 Å². The zero-order valence-electron chi connectivity index (χ0n) is 16.9. The molecule has 152 valence electrons. The van der Waals surface area contributed by atoms with Crippen LogP contribution < -0.4 is 10.1 Å². The Bertz CT molecular complexity index is 795. The monoisotopic (exact) mass is 403 g/mol. The Morgan fingerprint density at radius 2 is 2.07 bits per heavy atom. The predicted octanol–water partition coefficient (Wildman–Crippen LogP) is 2.35. The van der Waals surface area contributed by atoms with Crippen LogP contribution in [0.4, 0.5) is 5.13 Å². The number of benzene rings is 1. The summed E-state index contributed by atoms with van der Waals surface area (Å²) in [5, 5.41) is 12.5. The van der Waals surface area contributed by atoms with E-state index in [4.69, 9.17) is 4.74 Å². The topological polar surface area (TPSA) is 70.6 Å². The first-order valence-corrected chi connectivity index (χ1v) is 10.5. The largest absolute Gasteiger partial charge is 0.493 e. The summed E-state index contributed by atoms with van der Waals surface area (Å²) >= 11 is 1.41. The van der Waals surface area contributed by atoms with Crippen LogP contribution >= 0.6 is 11.3 Å². The number of nitrogens with one attached hydrogen (secondary N) is 1. The molecule has 1 aliphatic heterocycles. The number of aromatic nitrogens is 2. The van der Waals surface area contributed by atoms with E-state index >= 15 is 0 Å². The van der Waals surface area contributed by atoms with E-state index in [2.05, 4.69) is 51.4 Å². The smallest absolute Gasteiger partial charge is 0.240 e. The molecule has 0 unspecified atom stereocenters. The summed E-state index contributed by atoms with van der Waals surface area (Å²) in [4.78, 5) is 16.8. The molecule has 1 aromatic carbocycles. The summed E-state index contributed by atoms with van der Waals surface area (Å²) in [7, 11) is 2.12. The summed E-state index contributed by atoms with van der Waals surface area (Å²) in [6.45, 7) is 8.98. The fraction of sp³-hybridized carbons (Fsp3) is 0.550. The molecule has 0 bridgehead atoms. The second kappa shape index (κ2) is 9.95. The molecule has 0 aliphatic carbocycles. The van der Waals surface area contributed by atoms with Gasteiger partial charge in [-0.1, -0.05) is 23.5 Å². The van der Waals surface area contributed by atoms with Crippen LogP contribution in [-0.2, 0) is 11.2 Å². The molecule has 0 spiro atoms. The van der Waals surface area contributed by atoms with Crippen molar-refractivity contribution in [2.24, 2.45) is 0 Å². The molecular weight excluding hydrogens is 374 g/mol. The molecule has 2 heterocycles. The number of likely N-dealkylation sites (N-methyl/N-ethyl adjacent to an activating group) is 1. The van der Waals surface area contributed by atoms with Gasteiger partial charge < -0.3 is 9.64 Å². The number of amides is 1. The van der Waals surface area contributed by atoms with Crippen LogP contribution in [0.15, 0.2) is 18.2 Å². The first kappa shape index (κ1) is 20.7. The fourth-order valence-electron chi connectivity index (χ4n) is 3.14. The van der Waals surface area contributed by atoms with E-state index < -0.39 is 0 Å². The molecule has 28 heavy (non-hydrogen) atoms. The molecule has 0 saturated carbocycles. The van der Waals surface area contributed by atoms with E-state index in [-0.39, 0.29) is 5.91 Å². The zero-order valence-corrected chi connectivity index (χ0v) is 17.7.